The molecule has 4 heteroatoms. The van der Waals surface area contributed by atoms with Gasteiger partial charge < -0.3 is 9.47 Å². The fourth-order valence-corrected chi connectivity index (χ4v) is 1.36. The second-order valence-electron chi connectivity index (χ2n) is 3.04. The number of carbonyl (C=O) groups is 1. The molecule has 1 aromatic rings. The van der Waals surface area contributed by atoms with E-state index < -0.39 is 11.6 Å². The first kappa shape index (κ1) is 9.71. The maximum Gasteiger partial charge on any atom is 0.188 e. The van der Waals surface area contributed by atoms with Crippen LogP contribution in [0.2, 0.25) is 0 Å². The SMILES string of the molecule is C=CC(=O)c1cc2c(cc1F)OCCO2. The number of halogens is 1. The van der Waals surface area contributed by atoms with Gasteiger partial charge in [0.05, 0.1) is 5.56 Å². The van der Waals surface area contributed by atoms with E-state index in [2.05, 4.69) is 6.58 Å². The Kier molecular flexibility index (Phi) is 2.41. The van der Waals surface area contributed by atoms with Gasteiger partial charge in [-0.2, -0.15) is 0 Å². The molecule has 0 N–H and O–H groups in total. The number of ether oxygens (including phenoxy) is 2. The van der Waals surface area contributed by atoms with Gasteiger partial charge in [-0.25, -0.2) is 4.39 Å². The monoisotopic (exact) mass is 208 g/mol. The van der Waals surface area contributed by atoms with Crippen LogP contribution in [0.15, 0.2) is 24.8 Å². The Morgan fingerprint density at radius 3 is 2.53 bits per heavy atom. The average molecular weight is 208 g/mol. The number of hydrogen-bond donors (Lipinski definition) is 0. The highest BCUT2D eigenvalue weighted by atomic mass is 19.1. The molecule has 0 atom stereocenters. The van der Waals surface area contributed by atoms with Gasteiger partial charge in [0.2, 0.25) is 0 Å². The van der Waals surface area contributed by atoms with Gasteiger partial charge in [0.25, 0.3) is 0 Å². The molecule has 0 amide bonds. The minimum absolute atomic E-state index is 0.0470. The highest BCUT2D eigenvalue weighted by Gasteiger charge is 2.18. The van der Waals surface area contributed by atoms with Crippen LogP contribution in [-0.2, 0) is 0 Å². The summed E-state index contributed by atoms with van der Waals surface area (Å²) in [5.41, 5.74) is -0.0470. The molecule has 15 heavy (non-hydrogen) atoms. The van der Waals surface area contributed by atoms with E-state index in [9.17, 15) is 9.18 Å². The summed E-state index contributed by atoms with van der Waals surface area (Å²) in [7, 11) is 0. The quantitative estimate of drug-likeness (QED) is 0.550. The van der Waals surface area contributed by atoms with Gasteiger partial charge in [0.1, 0.15) is 19.0 Å². The van der Waals surface area contributed by atoms with Crippen molar-refractivity contribution in [3.8, 4) is 11.5 Å². The Morgan fingerprint density at radius 2 is 1.93 bits per heavy atom. The predicted octanol–water partition coefficient (Wildman–Crippen LogP) is 1.97. The third-order valence-corrected chi connectivity index (χ3v) is 2.08. The van der Waals surface area contributed by atoms with Crippen LogP contribution in [-0.4, -0.2) is 19.0 Å². The van der Waals surface area contributed by atoms with E-state index >= 15 is 0 Å². The fourth-order valence-electron chi connectivity index (χ4n) is 1.36. The van der Waals surface area contributed by atoms with Crippen molar-refractivity contribution in [3.05, 3.63) is 36.2 Å². The maximum absolute atomic E-state index is 13.4. The van der Waals surface area contributed by atoms with Crippen LogP contribution in [0, 0.1) is 5.82 Å². The van der Waals surface area contributed by atoms with E-state index in [1.165, 1.54) is 6.07 Å². The zero-order valence-corrected chi connectivity index (χ0v) is 7.96. The summed E-state index contributed by atoms with van der Waals surface area (Å²) in [5, 5.41) is 0. The fraction of sp³-hybridized carbons (Fsp3) is 0.182. The molecule has 3 nitrogen and oxygen atoms in total. The molecule has 2 rings (SSSR count). The number of benzene rings is 1. The second-order valence-corrected chi connectivity index (χ2v) is 3.04. The van der Waals surface area contributed by atoms with E-state index in [1.807, 2.05) is 0 Å². The van der Waals surface area contributed by atoms with Crippen LogP contribution < -0.4 is 9.47 Å². The van der Waals surface area contributed by atoms with Crippen molar-refractivity contribution in [1.29, 1.82) is 0 Å². The van der Waals surface area contributed by atoms with E-state index in [4.69, 9.17) is 9.47 Å². The van der Waals surface area contributed by atoms with Gasteiger partial charge in [-0.15, -0.1) is 0 Å². The normalized spacial score (nSPS) is 13.4. The Morgan fingerprint density at radius 1 is 1.33 bits per heavy atom. The van der Waals surface area contributed by atoms with Crippen molar-refractivity contribution < 1.29 is 18.7 Å². The molecule has 1 heterocycles. The molecule has 0 radical (unpaired) electrons. The van der Waals surface area contributed by atoms with Gasteiger partial charge >= 0.3 is 0 Å². The van der Waals surface area contributed by atoms with Crippen LogP contribution in [0.5, 0.6) is 11.5 Å². The van der Waals surface area contributed by atoms with Crippen molar-refractivity contribution in [2.24, 2.45) is 0 Å². The van der Waals surface area contributed by atoms with Crippen molar-refractivity contribution in [3.63, 3.8) is 0 Å². The van der Waals surface area contributed by atoms with E-state index in [1.54, 1.807) is 0 Å². The third kappa shape index (κ3) is 1.70. The number of rotatable bonds is 2. The zero-order chi connectivity index (χ0) is 10.8. The van der Waals surface area contributed by atoms with Crippen molar-refractivity contribution >= 4 is 5.78 Å². The summed E-state index contributed by atoms with van der Waals surface area (Å²) in [6, 6.07) is 2.50. The van der Waals surface area contributed by atoms with Gasteiger partial charge in [-0.3, -0.25) is 4.79 Å². The Balaban J connectivity index is 2.49. The topological polar surface area (TPSA) is 35.5 Å². The van der Waals surface area contributed by atoms with Crippen LogP contribution >= 0.6 is 0 Å². The number of allylic oxidation sites excluding steroid dienone is 1. The second kappa shape index (κ2) is 3.73. The molecule has 1 aromatic carbocycles. The first-order valence-corrected chi connectivity index (χ1v) is 4.48. The summed E-state index contributed by atoms with van der Waals surface area (Å²) in [6.45, 7) is 4.10. The Bertz CT molecular complexity index is 426. The molecule has 0 unspecified atom stereocenters. The lowest BCUT2D eigenvalue weighted by molar-refractivity contribution is 0.104. The van der Waals surface area contributed by atoms with Crippen LogP contribution in [0.25, 0.3) is 0 Å². The van der Waals surface area contributed by atoms with Gasteiger partial charge in [0.15, 0.2) is 17.3 Å². The van der Waals surface area contributed by atoms with Gasteiger partial charge in [-0.1, -0.05) is 6.58 Å². The lowest BCUT2D eigenvalue weighted by Gasteiger charge is -2.18. The van der Waals surface area contributed by atoms with Gasteiger partial charge in [-0.05, 0) is 12.1 Å². The van der Waals surface area contributed by atoms with Crippen molar-refractivity contribution in [1.82, 2.24) is 0 Å². The minimum Gasteiger partial charge on any atom is -0.486 e. The highest BCUT2D eigenvalue weighted by Crippen LogP contribution is 2.32. The number of hydrogen-bond acceptors (Lipinski definition) is 3. The summed E-state index contributed by atoms with van der Waals surface area (Å²) in [5.74, 6) is -0.360. The lowest BCUT2D eigenvalue weighted by atomic mass is 10.1. The molecular weight excluding hydrogens is 199 g/mol. The molecule has 0 spiro atoms. The molecule has 1 aliphatic heterocycles. The zero-order valence-electron chi connectivity index (χ0n) is 7.96. The Hall–Kier alpha value is -1.84. The van der Waals surface area contributed by atoms with E-state index in [0.29, 0.717) is 24.7 Å². The molecule has 0 saturated heterocycles. The van der Waals surface area contributed by atoms with Crippen molar-refractivity contribution in [2.45, 2.75) is 0 Å². The molecular formula is C11H9FO3. The van der Waals surface area contributed by atoms with Crippen molar-refractivity contribution in [2.75, 3.05) is 13.2 Å². The predicted molar refractivity (Wildman–Crippen MR) is 51.9 cm³/mol. The summed E-state index contributed by atoms with van der Waals surface area (Å²) >= 11 is 0. The first-order chi connectivity index (χ1) is 7.22. The summed E-state index contributed by atoms with van der Waals surface area (Å²) in [4.78, 5) is 11.3. The molecule has 0 saturated carbocycles. The maximum atomic E-state index is 13.4. The highest BCUT2D eigenvalue weighted by molar-refractivity contribution is 6.04. The van der Waals surface area contributed by atoms with Gasteiger partial charge in [0, 0.05) is 6.07 Å². The minimum atomic E-state index is -0.621. The summed E-state index contributed by atoms with van der Waals surface area (Å²) < 4.78 is 23.8. The molecule has 0 aromatic heterocycles. The smallest absolute Gasteiger partial charge is 0.188 e. The van der Waals surface area contributed by atoms with E-state index in [0.717, 1.165) is 12.1 Å². The molecule has 1 aliphatic rings. The standard InChI is InChI=1S/C11H9FO3/c1-2-9(13)7-5-10-11(6-8(7)12)15-4-3-14-10/h2,5-6H,1,3-4H2. The Labute approximate surface area is 86.1 Å². The number of fused-ring (bicyclic) bond motifs is 1. The van der Waals surface area contributed by atoms with Crippen LogP contribution in [0.4, 0.5) is 4.39 Å². The third-order valence-electron chi connectivity index (χ3n) is 2.08. The number of carbonyl (C=O) groups excluding carboxylic acids is 1. The molecule has 0 aliphatic carbocycles. The van der Waals surface area contributed by atoms with Crippen LogP contribution in [0.1, 0.15) is 10.4 Å². The molecule has 78 valence electrons. The van der Waals surface area contributed by atoms with Crippen LogP contribution in [0.3, 0.4) is 0 Å². The average Bonchev–Trinajstić information content (AvgIpc) is 2.27. The number of ketones is 1. The summed E-state index contributed by atoms with van der Waals surface area (Å²) in [6.07, 6.45) is 1.06. The first-order valence-electron chi connectivity index (χ1n) is 4.48. The van der Waals surface area contributed by atoms with E-state index in [-0.39, 0.29) is 5.56 Å². The molecule has 0 bridgehead atoms. The largest absolute Gasteiger partial charge is 0.486 e. The molecule has 0 fully saturated rings. The lowest BCUT2D eigenvalue weighted by Crippen LogP contribution is -2.16.